The van der Waals surface area contributed by atoms with E-state index < -0.39 is 11.6 Å². The highest BCUT2D eigenvalue weighted by Gasteiger charge is 2.54. The molecular weight excluding hydrogens is 410 g/mol. The molecule has 8 nitrogen and oxygen atoms in total. The fourth-order valence-corrected chi connectivity index (χ4v) is 4.77. The van der Waals surface area contributed by atoms with Crippen molar-refractivity contribution in [2.45, 2.75) is 30.9 Å². The predicted octanol–water partition coefficient (Wildman–Crippen LogP) is 2.07. The second-order valence-electron chi connectivity index (χ2n) is 8.51. The fraction of sp³-hybridized carbons (Fsp3) is 0.375. The number of nitrogens with one attached hydrogen (secondary N) is 1. The van der Waals surface area contributed by atoms with Crippen molar-refractivity contribution in [1.29, 1.82) is 0 Å². The van der Waals surface area contributed by atoms with Crippen molar-refractivity contribution in [1.82, 2.24) is 15.1 Å². The van der Waals surface area contributed by atoms with E-state index in [-0.39, 0.29) is 31.0 Å². The summed E-state index contributed by atoms with van der Waals surface area (Å²) in [5.41, 5.74) is 0.821. The number of fused-ring (bicyclic) bond motifs is 3. The number of benzene rings is 2. The lowest BCUT2D eigenvalue weighted by molar-refractivity contribution is -0.139. The average Bonchev–Trinajstić information content (AvgIpc) is 3.04. The largest absolute Gasteiger partial charge is 0.486 e. The number of hydrogen-bond acceptors (Lipinski definition) is 5. The smallest absolute Gasteiger partial charge is 0.325 e. The molecule has 2 aromatic carbocycles. The maximum Gasteiger partial charge on any atom is 0.325 e. The first-order valence-corrected chi connectivity index (χ1v) is 10.8. The maximum absolute atomic E-state index is 13.4. The number of nitrogens with zero attached hydrogens (tertiary/aromatic N) is 2. The molecule has 0 saturated carbocycles. The van der Waals surface area contributed by atoms with Gasteiger partial charge in [-0.2, -0.15) is 0 Å². The number of amides is 4. The third kappa shape index (κ3) is 3.36. The van der Waals surface area contributed by atoms with E-state index in [2.05, 4.69) is 5.32 Å². The summed E-state index contributed by atoms with van der Waals surface area (Å²) in [6, 6.07) is 14.5. The minimum Gasteiger partial charge on any atom is -0.486 e. The zero-order valence-electron chi connectivity index (χ0n) is 17.9. The summed E-state index contributed by atoms with van der Waals surface area (Å²) < 4.78 is 11.6. The lowest BCUT2D eigenvalue weighted by atomic mass is 9.76. The Kier molecular flexibility index (Phi) is 5.00. The molecule has 0 aromatic heterocycles. The number of rotatable bonds is 4. The van der Waals surface area contributed by atoms with Gasteiger partial charge < -0.3 is 19.7 Å². The van der Waals surface area contributed by atoms with Crippen LogP contribution >= 0.6 is 0 Å². The summed E-state index contributed by atoms with van der Waals surface area (Å²) in [4.78, 5) is 41.5. The van der Waals surface area contributed by atoms with E-state index in [0.29, 0.717) is 24.5 Å². The van der Waals surface area contributed by atoms with Crippen LogP contribution in [0.2, 0.25) is 0 Å². The van der Waals surface area contributed by atoms with Gasteiger partial charge in [-0.15, -0.1) is 0 Å². The summed E-state index contributed by atoms with van der Waals surface area (Å²) >= 11 is 0. The highest BCUT2D eigenvalue weighted by molar-refractivity contribution is 6.09. The van der Waals surface area contributed by atoms with E-state index in [4.69, 9.17) is 9.47 Å². The van der Waals surface area contributed by atoms with Crippen molar-refractivity contribution in [3.05, 3.63) is 59.7 Å². The average molecular weight is 435 g/mol. The summed E-state index contributed by atoms with van der Waals surface area (Å²) in [7, 11) is 1.64. The van der Waals surface area contributed by atoms with Gasteiger partial charge in [0.05, 0.1) is 6.54 Å². The zero-order valence-corrected chi connectivity index (χ0v) is 17.9. The third-order valence-corrected chi connectivity index (χ3v) is 6.41. The van der Waals surface area contributed by atoms with Gasteiger partial charge in [-0.25, -0.2) is 4.79 Å². The number of urea groups is 1. The minimum absolute atomic E-state index is 0.283. The molecule has 1 N–H and O–H groups in total. The van der Waals surface area contributed by atoms with Gasteiger partial charge in [-0.3, -0.25) is 14.5 Å². The highest BCUT2D eigenvalue weighted by atomic mass is 16.6. The van der Waals surface area contributed by atoms with E-state index in [0.717, 1.165) is 28.9 Å². The molecule has 2 atom stereocenters. The lowest BCUT2D eigenvalue weighted by Gasteiger charge is -2.33. The van der Waals surface area contributed by atoms with Crippen LogP contribution in [0.25, 0.3) is 0 Å². The number of imide groups is 1. The van der Waals surface area contributed by atoms with Crippen LogP contribution in [0.4, 0.5) is 4.79 Å². The Labute approximate surface area is 186 Å². The molecule has 2 aliphatic heterocycles. The van der Waals surface area contributed by atoms with Crippen LogP contribution in [0.5, 0.6) is 11.5 Å². The van der Waals surface area contributed by atoms with Crippen molar-refractivity contribution in [3.63, 3.8) is 0 Å². The van der Waals surface area contributed by atoms with E-state index in [9.17, 15) is 14.4 Å². The van der Waals surface area contributed by atoms with Gasteiger partial charge in [0.1, 0.15) is 18.7 Å². The third-order valence-electron chi connectivity index (χ3n) is 6.41. The molecule has 1 saturated heterocycles. The Bertz CT molecular complexity index is 1090. The van der Waals surface area contributed by atoms with E-state index in [1.54, 1.807) is 7.05 Å². The second-order valence-corrected chi connectivity index (χ2v) is 8.51. The minimum atomic E-state index is -1.07. The number of carbonyl (C=O) groups excluding carboxylic acids is 3. The molecule has 5 rings (SSSR count). The molecule has 1 aliphatic carbocycles. The van der Waals surface area contributed by atoms with Gasteiger partial charge in [-0.05, 0) is 42.5 Å². The molecule has 4 amide bonds. The number of hydrogen-bond donors (Lipinski definition) is 1. The number of para-hydroxylation sites is 2. The number of aryl methyl sites for hydroxylation is 1. The second kappa shape index (κ2) is 7.85. The number of likely N-dealkylation sites (N-methyl/N-ethyl adjacent to an activating group) is 1. The Hall–Kier alpha value is -3.55. The number of carbonyl (C=O) groups is 3. The van der Waals surface area contributed by atoms with E-state index >= 15 is 0 Å². The first kappa shape index (κ1) is 20.4. The Balaban J connectivity index is 1.26. The molecule has 2 heterocycles. The topological polar surface area (TPSA) is 88.2 Å². The molecule has 2 aromatic rings. The molecule has 0 bridgehead atoms. The summed E-state index contributed by atoms with van der Waals surface area (Å²) in [5.74, 6) is 0.617. The Morgan fingerprint density at radius 2 is 1.91 bits per heavy atom. The van der Waals surface area contributed by atoms with Crippen LogP contribution in [-0.2, 0) is 21.5 Å². The van der Waals surface area contributed by atoms with E-state index in [1.165, 1.54) is 4.90 Å². The van der Waals surface area contributed by atoms with Crippen LogP contribution in [0.3, 0.4) is 0 Å². The van der Waals surface area contributed by atoms with Gasteiger partial charge in [0, 0.05) is 7.05 Å². The molecular formula is C24H25N3O5. The van der Waals surface area contributed by atoms with Crippen LogP contribution < -0.4 is 14.8 Å². The molecule has 8 heteroatoms. The summed E-state index contributed by atoms with van der Waals surface area (Å²) in [6.45, 7) is 0.289. The summed E-state index contributed by atoms with van der Waals surface area (Å²) in [6.07, 6.45) is 1.86. The molecule has 0 radical (unpaired) electrons. The van der Waals surface area contributed by atoms with Crippen LogP contribution in [-0.4, -0.2) is 60.5 Å². The van der Waals surface area contributed by atoms with Crippen LogP contribution in [0, 0.1) is 0 Å². The molecule has 32 heavy (non-hydrogen) atoms. The van der Waals surface area contributed by atoms with Crippen molar-refractivity contribution >= 4 is 17.8 Å². The molecule has 166 valence electrons. The van der Waals surface area contributed by atoms with Gasteiger partial charge in [-0.1, -0.05) is 36.4 Å². The van der Waals surface area contributed by atoms with Crippen molar-refractivity contribution in [3.8, 4) is 11.5 Å². The molecule has 3 aliphatic rings. The van der Waals surface area contributed by atoms with Crippen molar-refractivity contribution in [2.24, 2.45) is 0 Å². The lowest BCUT2D eigenvalue weighted by Crippen LogP contribution is -2.48. The quantitative estimate of drug-likeness (QED) is 0.743. The van der Waals surface area contributed by atoms with Crippen molar-refractivity contribution < 1.29 is 23.9 Å². The van der Waals surface area contributed by atoms with Crippen LogP contribution in [0.1, 0.15) is 24.0 Å². The Morgan fingerprint density at radius 1 is 1.16 bits per heavy atom. The normalized spacial score (nSPS) is 23.7. The zero-order chi connectivity index (χ0) is 22.3. The SMILES string of the molecule is CN(C[C@@H]1COc2ccccc2O1)C(=O)CN1C(=O)N[C@]2(CCCc3ccccc32)C1=O. The molecule has 0 unspecified atom stereocenters. The Morgan fingerprint density at radius 3 is 2.75 bits per heavy atom. The van der Waals surface area contributed by atoms with Crippen molar-refractivity contribution in [2.75, 3.05) is 26.7 Å². The summed E-state index contributed by atoms with van der Waals surface area (Å²) in [5, 5.41) is 2.88. The monoisotopic (exact) mass is 435 g/mol. The van der Waals surface area contributed by atoms with E-state index in [1.807, 2.05) is 48.5 Å². The molecule has 1 fully saturated rings. The number of ether oxygens (including phenoxy) is 2. The van der Waals surface area contributed by atoms with Gasteiger partial charge in [0.2, 0.25) is 5.91 Å². The predicted molar refractivity (Wildman–Crippen MR) is 115 cm³/mol. The first-order chi connectivity index (χ1) is 15.5. The van der Waals surface area contributed by atoms with Crippen LogP contribution in [0.15, 0.2) is 48.5 Å². The maximum atomic E-state index is 13.4. The standard InChI is InChI=1S/C24H25N3O5/c1-26(13-17-15-31-19-10-4-5-11-20(19)32-17)21(28)14-27-22(29)24(25-23(27)30)12-6-8-16-7-2-3-9-18(16)24/h2-5,7,9-11,17H,6,8,12-15H2,1H3,(H,25,30)/t17-,24+/m1/s1. The molecule has 1 spiro atoms. The van der Waals surface area contributed by atoms with Gasteiger partial charge >= 0.3 is 6.03 Å². The highest BCUT2D eigenvalue weighted by Crippen LogP contribution is 2.39. The van der Waals surface area contributed by atoms with Gasteiger partial charge in [0.25, 0.3) is 5.91 Å². The first-order valence-electron chi connectivity index (χ1n) is 10.8. The fourth-order valence-electron chi connectivity index (χ4n) is 4.77. The van der Waals surface area contributed by atoms with Gasteiger partial charge in [0.15, 0.2) is 17.6 Å².